The third-order valence-corrected chi connectivity index (χ3v) is 5.60. The molecule has 0 spiro atoms. The van der Waals surface area contributed by atoms with E-state index < -0.39 is 0 Å². The summed E-state index contributed by atoms with van der Waals surface area (Å²) in [5.74, 6) is 0. The first-order valence-electron chi connectivity index (χ1n) is 6.90. The Morgan fingerprint density at radius 2 is 1.95 bits per heavy atom. The summed E-state index contributed by atoms with van der Waals surface area (Å²) in [6.45, 7) is 0. The van der Waals surface area contributed by atoms with Gasteiger partial charge in [0, 0.05) is 19.3 Å². The molecular formula is C13H18N4OS2. The van der Waals surface area contributed by atoms with Crippen LogP contribution in [0.3, 0.4) is 0 Å². The third kappa shape index (κ3) is 2.33. The van der Waals surface area contributed by atoms with Crippen molar-refractivity contribution in [2.45, 2.75) is 42.5 Å². The molecule has 1 fully saturated rings. The van der Waals surface area contributed by atoms with Crippen molar-refractivity contribution in [3.8, 4) is 0 Å². The minimum atomic E-state index is -0.136. The van der Waals surface area contributed by atoms with Crippen molar-refractivity contribution in [2.75, 3.05) is 0 Å². The highest BCUT2D eigenvalue weighted by molar-refractivity contribution is 7.99. The number of nitrogens with one attached hydrogen (secondary N) is 1. The zero-order valence-corrected chi connectivity index (χ0v) is 13.3. The second-order valence-corrected chi connectivity index (χ2v) is 7.00. The Kier molecular flexibility index (Phi) is 3.72. The summed E-state index contributed by atoms with van der Waals surface area (Å²) in [7, 11) is 3.42. The van der Waals surface area contributed by atoms with Gasteiger partial charge < -0.3 is 4.98 Å². The summed E-state index contributed by atoms with van der Waals surface area (Å²) in [4.78, 5) is 19.8. The summed E-state index contributed by atoms with van der Waals surface area (Å²) >= 11 is 7.11. The largest absolute Gasteiger partial charge is 0.330 e. The molecule has 1 N–H and O–H groups in total. The van der Waals surface area contributed by atoms with E-state index >= 15 is 0 Å². The number of rotatable bonds is 2. The van der Waals surface area contributed by atoms with E-state index in [2.05, 4.69) is 9.97 Å². The minimum absolute atomic E-state index is 0.136. The molecule has 0 saturated heterocycles. The van der Waals surface area contributed by atoms with Crippen LogP contribution in [0.15, 0.2) is 9.95 Å². The van der Waals surface area contributed by atoms with Crippen LogP contribution in [0.4, 0.5) is 0 Å². The molecule has 2 heterocycles. The van der Waals surface area contributed by atoms with Crippen LogP contribution in [0.2, 0.25) is 0 Å². The van der Waals surface area contributed by atoms with Gasteiger partial charge in [-0.05, 0) is 12.8 Å². The Hall–Kier alpha value is -1.08. The van der Waals surface area contributed by atoms with Gasteiger partial charge in [-0.1, -0.05) is 43.2 Å². The number of aromatic amines is 1. The van der Waals surface area contributed by atoms with E-state index in [4.69, 9.17) is 12.2 Å². The molecule has 0 amide bonds. The lowest BCUT2D eigenvalue weighted by atomic mass is 10.0. The first-order valence-corrected chi connectivity index (χ1v) is 8.19. The van der Waals surface area contributed by atoms with Crippen molar-refractivity contribution in [3.05, 3.63) is 15.1 Å². The summed E-state index contributed by atoms with van der Waals surface area (Å²) in [5, 5.41) is 1.50. The van der Waals surface area contributed by atoms with Crippen molar-refractivity contribution >= 4 is 35.1 Å². The fourth-order valence-corrected chi connectivity index (χ4v) is 4.11. The molecule has 20 heavy (non-hydrogen) atoms. The van der Waals surface area contributed by atoms with Crippen molar-refractivity contribution in [1.82, 2.24) is 19.1 Å². The van der Waals surface area contributed by atoms with E-state index in [-0.39, 0.29) is 5.69 Å². The maximum Gasteiger partial charge on any atom is 0.330 e. The number of imidazole rings is 1. The molecule has 0 aliphatic heterocycles. The molecule has 0 unspecified atom stereocenters. The standard InChI is InChI=1S/C13H18N4OS2/c1-16-10-9(11(19)17(2)13(16)18)14-12(15-10)20-8-6-4-3-5-7-8/h8H,3-7H2,1-2H3,(H,14,15). The Labute approximate surface area is 126 Å². The molecular weight excluding hydrogens is 292 g/mol. The SMILES string of the molecule is Cn1c(=S)c2[nH]c(SC3CCCCC3)nc2n(C)c1=O. The molecule has 0 radical (unpaired) electrons. The fourth-order valence-electron chi connectivity index (χ4n) is 2.70. The van der Waals surface area contributed by atoms with E-state index in [9.17, 15) is 4.79 Å². The minimum Gasteiger partial charge on any atom is -0.329 e. The lowest BCUT2D eigenvalue weighted by molar-refractivity contribution is 0.515. The maximum absolute atomic E-state index is 12.0. The quantitative estimate of drug-likeness (QED) is 0.867. The van der Waals surface area contributed by atoms with Crippen LogP contribution < -0.4 is 5.69 Å². The first-order chi connectivity index (χ1) is 9.58. The molecule has 1 aliphatic rings. The molecule has 2 aromatic rings. The smallest absolute Gasteiger partial charge is 0.329 e. The Bertz CT molecular complexity index is 752. The van der Waals surface area contributed by atoms with Gasteiger partial charge in [0.2, 0.25) is 0 Å². The van der Waals surface area contributed by atoms with Gasteiger partial charge in [0.15, 0.2) is 10.8 Å². The average molecular weight is 310 g/mol. The molecule has 108 valence electrons. The summed E-state index contributed by atoms with van der Waals surface area (Å²) in [5.41, 5.74) is 1.29. The van der Waals surface area contributed by atoms with E-state index in [1.807, 2.05) is 0 Å². The second-order valence-electron chi connectivity index (χ2n) is 5.32. The maximum atomic E-state index is 12.0. The number of nitrogens with zero attached hydrogens (tertiary/aromatic N) is 3. The molecule has 7 heteroatoms. The molecule has 5 nitrogen and oxygen atoms in total. The van der Waals surface area contributed by atoms with E-state index in [1.54, 1.807) is 30.4 Å². The predicted molar refractivity (Wildman–Crippen MR) is 83.9 cm³/mol. The van der Waals surface area contributed by atoms with Crippen LogP contribution in [-0.2, 0) is 14.1 Å². The van der Waals surface area contributed by atoms with E-state index in [0.29, 0.717) is 15.5 Å². The van der Waals surface area contributed by atoms with Crippen molar-refractivity contribution in [1.29, 1.82) is 0 Å². The van der Waals surface area contributed by atoms with Gasteiger partial charge in [-0.15, -0.1) is 0 Å². The van der Waals surface area contributed by atoms with Gasteiger partial charge in [0.05, 0.1) is 0 Å². The molecule has 3 rings (SSSR count). The predicted octanol–water partition coefficient (Wildman–Crippen LogP) is 2.75. The first kappa shape index (κ1) is 13.9. The monoisotopic (exact) mass is 310 g/mol. The summed E-state index contributed by atoms with van der Waals surface area (Å²) in [6.07, 6.45) is 6.44. The van der Waals surface area contributed by atoms with E-state index in [1.165, 1.54) is 36.7 Å². The van der Waals surface area contributed by atoms with Crippen LogP contribution in [0.25, 0.3) is 11.2 Å². The number of fused-ring (bicyclic) bond motifs is 1. The zero-order chi connectivity index (χ0) is 14.3. The van der Waals surface area contributed by atoms with Crippen LogP contribution in [0, 0.1) is 4.64 Å². The number of thioether (sulfide) groups is 1. The number of hydrogen-bond acceptors (Lipinski definition) is 4. The van der Waals surface area contributed by atoms with E-state index in [0.717, 1.165) is 10.7 Å². The number of aromatic nitrogens is 4. The van der Waals surface area contributed by atoms with Crippen LogP contribution in [-0.4, -0.2) is 24.4 Å². The van der Waals surface area contributed by atoms with Gasteiger partial charge in [-0.2, -0.15) is 0 Å². The summed E-state index contributed by atoms with van der Waals surface area (Å²) in [6, 6.07) is 0. The third-order valence-electron chi connectivity index (χ3n) is 3.90. The van der Waals surface area contributed by atoms with Crippen LogP contribution in [0.1, 0.15) is 32.1 Å². The van der Waals surface area contributed by atoms with Gasteiger partial charge in [0.25, 0.3) is 0 Å². The lowest BCUT2D eigenvalue weighted by Crippen LogP contribution is -2.27. The Morgan fingerprint density at radius 3 is 2.65 bits per heavy atom. The van der Waals surface area contributed by atoms with Crippen molar-refractivity contribution in [2.24, 2.45) is 14.1 Å². The molecule has 0 bridgehead atoms. The highest BCUT2D eigenvalue weighted by Crippen LogP contribution is 2.32. The zero-order valence-electron chi connectivity index (χ0n) is 11.7. The fraction of sp³-hybridized carbons (Fsp3) is 0.615. The highest BCUT2D eigenvalue weighted by Gasteiger charge is 2.18. The molecule has 2 aromatic heterocycles. The van der Waals surface area contributed by atoms with Gasteiger partial charge in [-0.25, -0.2) is 9.78 Å². The Balaban J connectivity index is 2.02. The second kappa shape index (κ2) is 5.37. The highest BCUT2D eigenvalue weighted by atomic mass is 32.2. The molecule has 0 atom stereocenters. The van der Waals surface area contributed by atoms with Gasteiger partial charge >= 0.3 is 5.69 Å². The number of hydrogen-bond donors (Lipinski definition) is 1. The molecule has 1 aliphatic carbocycles. The van der Waals surface area contributed by atoms with Gasteiger partial charge in [0.1, 0.15) is 10.2 Å². The van der Waals surface area contributed by atoms with Crippen LogP contribution >= 0.6 is 24.0 Å². The number of H-pyrrole nitrogens is 1. The average Bonchev–Trinajstić information content (AvgIpc) is 2.88. The molecule has 1 saturated carbocycles. The molecule has 0 aromatic carbocycles. The van der Waals surface area contributed by atoms with Crippen molar-refractivity contribution in [3.63, 3.8) is 0 Å². The normalized spacial score (nSPS) is 16.9. The summed E-state index contributed by atoms with van der Waals surface area (Å²) < 4.78 is 3.54. The Morgan fingerprint density at radius 1 is 1.25 bits per heavy atom. The topological polar surface area (TPSA) is 55.6 Å². The number of aryl methyl sites for hydroxylation is 1. The van der Waals surface area contributed by atoms with Gasteiger partial charge in [-0.3, -0.25) is 9.13 Å². The lowest BCUT2D eigenvalue weighted by Gasteiger charge is -2.19. The van der Waals surface area contributed by atoms with Crippen molar-refractivity contribution < 1.29 is 0 Å². The van der Waals surface area contributed by atoms with Crippen LogP contribution in [0.5, 0.6) is 0 Å².